The highest BCUT2D eigenvalue weighted by Crippen LogP contribution is 2.46. The van der Waals surface area contributed by atoms with Gasteiger partial charge in [0, 0.05) is 40.9 Å². The number of hydrogen-bond acceptors (Lipinski definition) is 10. The average molecular weight is 674 g/mol. The zero-order valence-electron chi connectivity index (χ0n) is 23.3. The van der Waals surface area contributed by atoms with Crippen molar-refractivity contribution in [3.8, 4) is 22.0 Å². The van der Waals surface area contributed by atoms with E-state index in [1.807, 2.05) is 35.7 Å². The third-order valence-corrected chi connectivity index (χ3v) is 9.61. The van der Waals surface area contributed by atoms with Crippen molar-refractivity contribution in [1.29, 1.82) is 0 Å². The van der Waals surface area contributed by atoms with Gasteiger partial charge in [0.1, 0.15) is 46.2 Å². The first kappa shape index (κ1) is 30.3. The minimum Gasteiger partial charge on any atom is -0.375 e. The zero-order valence-corrected chi connectivity index (χ0v) is 25.7. The van der Waals surface area contributed by atoms with E-state index in [1.54, 1.807) is 25.6 Å². The number of benzene rings is 2. The van der Waals surface area contributed by atoms with Gasteiger partial charge < -0.3 is 18.9 Å². The second-order valence-electron chi connectivity index (χ2n) is 10.2. The van der Waals surface area contributed by atoms with Crippen LogP contribution in [0.4, 0.5) is 13.2 Å². The fourth-order valence-corrected chi connectivity index (χ4v) is 7.63. The van der Waals surface area contributed by atoms with Crippen molar-refractivity contribution in [3.05, 3.63) is 101 Å². The molecule has 2 aliphatic heterocycles. The van der Waals surface area contributed by atoms with Crippen LogP contribution in [0.5, 0.6) is 0 Å². The number of fused-ring (bicyclic) bond motifs is 1. The molecule has 5 heterocycles. The van der Waals surface area contributed by atoms with Gasteiger partial charge in [0.05, 0.1) is 17.8 Å². The number of aromatic nitrogens is 5. The highest BCUT2D eigenvalue weighted by molar-refractivity contribution is 8.00. The number of thioether (sulfide) groups is 1. The number of pyridine rings is 1. The molecule has 9 nitrogen and oxygen atoms in total. The van der Waals surface area contributed by atoms with Crippen LogP contribution in [0.1, 0.15) is 17.9 Å². The first-order valence-electron chi connectivity index (χ1n) is 13.7. The topological polar surface area (TPSA) is 93.4 Å². The molecule has 0 bridgehead atoms. The van der Waals surface area contributed by atoms with E-state index in [-0.39, 0.29) is 17.9 Å². The van der Waals surface area contributed by atoms with E-state index in [1.165, 1.54) is 34.0 Å². The Labute approximate surface area is 268 Å². The Bertz CT molecular complexity index is 1780. The Hall–Kier alpha value is -3.37. The van der Waals surface area contributed by atoms with Crippen LogP contribution in [0.2, 0.25) is 5.02 Å². The van der Waals surface area contributed by atoms with Gasteiger partial charge in [-0.1, -0.05) is 58.9 Å². The summed E-state index contributed by atoms with van der Waals surface area (Å²) in [7, 11) is 1.55. The molecular formula is C30H23ClF3N5O4S2. The summed E-state index contributed by atoms with van der Waals surface area (Å²) in [6.07, 6.45) is 2.18. The van der Waals surface area contributed by atoms with Crippen molar-refractivity contribution in [1.82, 2.24) is 25.0 Å². The van der Waals surface area contributed by atoms with Crippen LogP contribution in [0.25, 0.3) is 22.0 Å². The van der Waals surface area contributed by atoms with Crippen molar-refractivity contribution in [3.63, 3.8) is 0 Å². The van der Waals surface area contributed by atoms with Crippen molar-refractivity contribution >= 4 is 34.7 Å². The molecule has 15 heteroatoms. The number of hydrogen-bond donors (Lipinski definition) is 0. The molecule has 6 atom stereocenters. The fourth-order valence-electron chi connectivity index (χ4n) is 5.39. The lowest BCUT2D eigenvalue weighted by atomic mass is 9.95. The Balaban J connectivity index is 1.27. The number of halogens is 4. The highest BCUT2D eigenvalue weighted by atomic mass is 35.5. The van der Waals surface area contributed by atoms with Gasteiger partial charge in [0.25, 0.3) is 0 Å². The minimum atomic E-state index is -1.56. The molecule has 0 spiro atoms. The lowest BCUT2D eigenvalue weighted by Crippen LogP contribution is -2.59. The molecule has 2 saturated heterocycles. The number of thiazole rings is 1. The van der Waals surface area contributed by atoms with E-state index in [0.29, 0.717) is 15.7 Å². The van der Waals surface area contributed by atoms with E-state index < -0.39 is 53.5 Å². The van der Waals surface area contributed by atoms with Gasteiger partial charge in [0.2, 0.25) is 0 Å². The summed E-state index contributed by atoms with van der Waals surface area (Å²) in [5.74, 6) is -4.23. The molecule has 6 unspecified atom stereocenters. The molecule has 2 aliphatic rings. The molecular weight excluding hydrogens is 651 g/mol. The average Bonchev–Trinajstić information content (AvgIpc) is 3.76. The third kappa shape index (κ3) is 5.99. The summed E-state index contributed by atoms with van der Waals surface area (Å²) in [6.45, 7) is 0.192. The Morgan fingerprint density at radius 2 is 1.87 bits per heavy atom. The van der Waals surface area contributed by atoms with Gasteiger partial charge in [-0.3, -0.25) is 4.98 Å². The maximum Gasteiger partial charge on any atom is 0.194 e. The van der Waals surface area contributed by atoms with Crippen molar-refractivity contribution in [2.75, 3.05) is 13.7 Å². The van der Waals surface area contributed by atoms with Crippen molar-refractivity contribution < 1.29 is 32.1 Å². The summed E-state index contributed by atoms with van der Waals surface area (Å²) in [5.41, 5.74) is 0.963. The van der Waals surface area contributed by atoms with Crippen LogP contribution < -0.4 is 0 Å². The third-order valence-electron chi connectivity index (χ3n) is 7.45. The second-order valence-corrected chi connectivity index (χ2v) is 12.7. The van der Waals surface area contributed by atoms with Crippen LogP contribution in [0.3, 0.4) is 0 Å². The van der Waals surface area contributed by atoms with Crippen LogP contribution in [0, 0.1) is 17.5 Å². The minimum absolute atomic E-state index is 0.0225. The number of ether oxygens (including phenoxy) is 4. The number of methoxy groups -OCH3 is 1. The molecule has 45 heavy (non-hydrogen) atoms. The molecule has 0 radical (unpaired) electrons. The summed E-state index contributed by atoms with van der Waals surface area (Å²) < 4.78 is 68.6. The maximum atomic E-state index is 14.1. The predicted molar refractivity (Wildman–Crippen MR) is 160 cm³/mol. The first-order chi connectivity index (χ1) is 21.9. The van der Waals surface area contributed by atoms with Gasteiger partial charge in [-0.25, -0.2) is 22.8 Å². The molecule has 2 aromatic carbocycles. The molecule has 232 valence electrons. The molecule has 2 fully saturated rings. The SMILES string of the molecule is COC1C(Sc2cc(Cl)cnc2-c2nccs2)OC2COC(c3ccccc3)OC2C1n1cc(-c2cc(F)c(F)c(F)c2)nn1. The lowest BCUT2D eigenvalue weighted by molar-refractivity contribution is -0.308. The van der Waals surface area contributed by atoms with E-state index in [2.05, 4.69) is 20.3 Å². The predicted octanol–water partition coefficient (Wildman–Crippen LogP) is 6.72. The lowest BCUT2D eigenvalue weighted by Gasteiger charge is -2.48. The van der Waals surface area contributed by atoms with E-state index in [4.69, 9.17) is 30.5 Å². The Kier molecular flexibility index (Phi) is 8.61. The molecule has 7 rings (SSSR count). The Morgan fingerprint density at radius 1 is 1.07 bits per heavy atom. The first-order valence-corrected chi connectivity index (χ1v) is 15.8. The van der Waals surface area contributed by atoms with E-state index in [0.717, 1.165) is 22.6 Å². The van der Waals surface area contributed by atoms with Gasteiger partial charge in [-0.15, -0.1) is 16.4 Å². The molecule has 0 amide bonds. The second kappa shape index (κ2) is 12.8. The monoisotopic (exact) mass is 673 g/mol. The van der Waals surface area contributed by atoms with Crippen LogP contribution >= 0.6 is 34.7 Å². The van der Waals surface area contributed by atoms with Crippen molar-refractivity contribution in [2.45, 2.75) is 41.0 Å². The standard InChI is InChI=1S/C30H23ClF3N5O4S2/c1-40-27-25(39-13-20(37-38-39)16-9-18(32)23(34)19(33)10-16)26-21(14-41-29(43-26)15-5-3-2-4-6-15)42-30(27)45-22-11-17(31)12-36-24(22)28-35-7-8-44-28/h2-13,21,25-27,29-30H,14H2,1H3. The van der Waals surface area contributed by atoms with Crippen LogP contribution in [0.15, 0.2) is 77.4 Å². The van der Waals surface area contributed by atoms with Crippen molar-refractivity contribution in [2.24, 2.45) is 0 Å². The molecule has 5 aromatic rings. The summed E-state index contributed by atoms with van der Waals surface area (Å²) >= 11 is 9.16. The summed E-state index contributed by atoms with van der Waals surface area (Å²) in [6, 6.07) is 12.3. The molecule has 3 aromatic heterocycles. The van der Waals surface area contributed by atoms with Crippen LogP contribution in [-0.4, -0.2) is 62.4 Å². The molecule has 0 saturated carbocycles. The van der Waals surface area contributed by atoms with Gasteiger partial charge >= 0.3 is 0 Å². The number of nitrogens with zero attached hydrogens (tertiary/aromatic N) is 5. The van der Waals surface area contributed by atoms with Gasteiger partial charge in [-0.2, -0.15) is 0 Å². The quantitative estimate of drug-likeness (QED) is 0.175. The number of rotatable bonds is 7. The summed E-state index contributed by atoms with van der Waals surface area (Å²) in [5, 5.41) is 11.5. The smallest absolute Gasteiger partial charge is 0.194 e. The maximum absolute atomic E-state index is 14.1. The zero-order chi connectivity index (χ0) is 31.1. The Morgan fingerprint density at radius 3 is 2.60 bits per heavy atom. The fraction of sp³-hybridized carbons (Fsp3) is 0.267. The van der Waals surface area contributed by atoms with E-state index >= 15 is 0 Å². The van der Waals surface area contributed by atoms with Gasteiger partial charge in [0.15, 0.2) is 23.7 Å². The largest absolute Gasteiger partial charge is 0.375 e. The van der Waals surface area contributed by atoms with Gasteiger partial charge in [-0.05, 0) is 18.2 Å². The molecule has 0 aliphatic carbocycles. The molecule has 0 N–H and O–H groups in total. The normalized spacial score (nSPS) is 24.8. The summed E-state index contributed by atoms with van der Waals surface area (Å²) in [4.78, 5) is 9.66. The van der Waals surface area contributed by atoms with Crippen LogP contribution in [-0.2, 0) is 18.9 Å². The van der Waals surface area contributed by atoms with E-state index in [9.17, 15) is 13.2 Å². The highest BCUT2D eigenvalue weighted by Gasteiger charge is 2.52.